The van der Waals surface area contributed by atoms with Crippen LogP contribution in [0.3, 0.4) is 0 Å². The molecule has 0 fully saturated rings. The first-order valence-corrected chi connectivity index (χ1v) is 8.54. The van der Waals surface area contributed by atoms with Crippen LogP contribution >= 0.6 is 11.3 Å². The fraction of sp³-hybridized carbons (Fsp3) is 0.158. The molecule has 128 valence electrons. The van der Waals surface area contributed by atoms with E-state index in [9.17, 15) is 9.18 Å². The summed E-state index contributed by atoms with van der Waals surface area (Å²) >= 11 is 1.41. The van der Waals surface area contributed by atoms with Gasteiger partial charge in [0.15, 0.2) is 0 Å². The quantitative estimate of drug-likeness (QED) is 0.729. The highest BCUT2D eigenvalue weighted by molar-refractivity contribution is 7.13. The van der Waals surface area contributed by atoms with Gasteiger partial charge in [0.25, 0.3) is 5.91 Å². The summed E-state index contributed by atoms with van der Waals surface area (Å²) in [5, 5.41) is 5.20. The van der Waals surface area contributed by atoms with Gasteiger partial charge in [-0.1, -0.05) is 23.8 Å². The summed E-state index contributed by atoms with van der Waals surface area (Å²) in [7, 11) is 1.42. The first kappa shape index (κ1) is 17.1. The number of aryl methyl sites for hydroxylation is 2. The van der Waals surface area contributed by atoms with Crippen LogP contribution in [0.2, 0.25) is 0 Å². The third-order valence-corrected chi connectivity index (χ3v) is 4.64. The zero-order valence-electron chi connectivity index (χ0n) is 14.1. The number of carbonyl (C=O) groups excluding carboxylic acids is 1. The van der Waals surface area contributed by atoms with Crippen LogP contribution in [0.4, 0.5) is 10.1 Å². The molecule has 0 radical (unpaired) electrons. The Kier molecular flexibility index (Phi) is 4.81. The highest BCUT2D eigenvalue weighted by Gasteiger charge is 2.15. The molecule has 0 aliphatic carbocycles. The number of benzene rings is 2. The first-order chi connectivity index (χ1) is 12.0. The van der Waals surface area contributed by atoms with Crippen LogP contribution in [0, 0.1) is 19.7 Å². The molecule has 1 aromatic heterocycles. The minimum Gasteiger partial charge on any atom is -0.494 e. The number of halogens is 1. The highest BCUT2D eigenvalue weighted by Crippen LogP contribution is 2.29. The molecule has 0 spiro atoms. The van der Waals surface area contributed by atoms with E-state index in [1.54, 1.807) is 5.38 Å². The minimum atomic E-state index is -0.430. The van der Waals surface area contributed by atoms with Crippen molar-refractivity contribution in [1.82, 2.24) is 4.98 Å². The molecule has 1 N–H and O–H groups in total. The molecule has 1 heterocycles. The molecule has 0 bridgehead atoms. The lowest BCUT2D eigenvalue weighted by Gasteiger charge is -2.09. The van der Waals surface area contributed by atoms with Gasteiger partial charge >= 0.3 is 0 Å². The monoisotopic (exact) mass is 356 g/mol. The second-order valence-corrected chi connectivity index (χ2v) is 6.51. The van der Waals surface area contributed by atoms with Crippen molar-refractivity contribution >= 4 is 22.9 Å². The van der Waals surface area contributed by atoms with Crippen molar-refractivity contribution in [2.75, 3.05) is 12.4 Å². The Balaban J connectivity index is 1.84. The topological polar surface area (TPSA) is 51.2 Å². The van der Waals surface area contributed by atoms with Gasteiger partial charge in [-0.2, -0.15) is 0 Å². The predicted octanol–water partition coefficient (Wildman–Crippen LogP) is 4.83. The number of hydrogen-bond donors (Lipinski definition) is 1. The van der Waals surface area contributed by atoms with Gasteiger partial charge in [0.1, 0.15) is 22.3 Å². The van der Waals surface area contributed by atoms with E-state index in [-0.39, 0.29) is 11.7 Å². The van der Waals surface area contributed by atoms with Crippen LogP contribution in [-0.4, -0.2) is 18.0 Å². The fourth-order valence-corrected chi connectivity index (χ4v) is 3.40. The van der Waals surface area contributed by atoms with E-state index in [2.05, 4.69) is 16.4 Å². The molecule has 0 saturated heterocycles. The number of hydrogen-bond acceptors (Lipinski definition) is 4. The average Bonchev–Trinajstić information content (AvgIpc) is 3.06. The summed E-state index contributed by atoms with van der Waals surface area (Å²) in [4.78, 5) is 16.9. The largest absolute Gasteiger partial charge is 0.494 e. The molecule has 2 aromatic carbocycles. The Hall–Kier alpha value is -2.73. The van der Waals surface area contributed by atoms with E-state index >= 15 is 0 Å². The minimum absolute atomic E-state index is 0.262. The summed E-state index contributed by atoms with van der Waals surface area (Å²) in [5.41, 5.74) is 4.01. The van der Waals surface area contributed by atoms with Crippen LogP contribution in [0.5, 0.6) is 5.75 Å². The summed E-state index contributed by atoms with van der Waals surface area (Å²) < 4.78 is 18.3. The van der Waals surface area contributed by atoms with Gasteiger partial charge in [-0.05, 0) is 31.5 Å². The van der Waals surface area contributed by atoms with E-state index in [4.69, 9.17) is 4.74 Å². The fourth-order valence-electron chi connectivity index (χ4n) is 2.51. The second-order valence-electron chi connectivity index (χ2n) is 5.66. The maximum atomic E-state index is 13.2. The summed E-state index contributed by atoms with van der Waals surface area (Å²) in [6.07, 6.45) is 0. The predicted molar refractivity (Wildman–Crippen MR) is 97.9 cm³/mol. The Bertz CT molecular complexity index is 937. The lowest BCUT2D eigenvalue weighted by Crippen LogP contribution is -2.13. The van der Waals surface area contributed by atoms with Gasteiger partial charge < -0.3 is 10.1 Å². The standard InChI is InChI=1S/C19H17FN2O2S/c1-11-4-6-14(12(2)8-11)19-22-16(10-25-19)18(23)21-15-7-5-13(20)9-17(15)24-3/h4-10H,1-3H3,(H,21,23). The number of nitrogens with one attached hydrogen (secondary N) is 1. The van der Waals surface area contributed by atoms with Gasteiger partial charge in [0, 0.05) is 17.0 Å². The van der Waals surface area contributed by atoms with Crippen molar-refractivity contribution in [1.29, 1.82) is 0 Å². The van der Waals surface area contributed by atoms with Crippen molar-refractivity contribution < 1.29 is 13.9 Å². The Morgan fingerprint density at radius 3 is 2.72 bits per heavy atom. The molecule has 0 unspecified atom stereocenters. The zero-order valence-corrected chi connectivity index (χ0v) is 14.9. The number of thiazole rings is 1. The molecule has 3 rings (SSSR count). The van der Waals surface area contributed by atoms with E-state index in [0.29, 0.717) is 11.4 Å². The third-order valence-electron chi connectivity index (χ3n) is 3.76. The van der Waals surface area contributed by atoms with Crippen LogP contribution < -0.4 is 10.1 Å². The number of rotatable bonds is 4. The molecule has 0 saturated carbocycles. The zero-order chi connectivity index (χ0) is 18.0. The lowest BCUT2D eigenvalue weighted by molar-refractivity contribution is 0.102. The molecular formula is C19H17FN2O2S. The van der Waals surface area contributed by atoms with Gasteiger partial charge in [0.05, 0.1) is 12.8 Å². The molecule has 0 aliphatic rings. The number of methoxy groups -OCH3 is 1. The smallest absolute Gasteiger partial charge is 0.275 e. The Morgan fingerprint density at radius 2 is 2.00 bits per heavy atom. The maximum absolute atomic E-state index is 13.2. The number of amides is 1. The molecule has 4 nitrogen and oxygen atoms in total. The van der Waals surface area contributed by atoms with Gasteiger partial charge in [-0.15, -0.1) is 11.3 Å². The maximum Gasteiger partial charge on any atom is 0.275 e. The SMILES string of the molecule is COc1cc(F)ccc1NC(=O)c1csc(-c2ccc(C)cc2C)n1. The summed E-state index contributed by atoms with van der Waals surface area (Å²) in [6, 6.07) is 10.1. The Labute approximate surface area is 149 Å². The van der Waals surface area contributed by atoms with E-state index in [0.717, 1.165) is 16.1 Å². The van der Waals surface area contributed by atoms with E-state index in [1.165, 1.54) is 42.2 Å². The normalized spacial score (nSPS) is 10.6. The summed E-state index contributed by atoms with van der Waals surface area (Å²) in [5.74, 6) is -0.531. The highest BCUT2D eigenvalue weighted by atomic mass is 32.1. The van der Waals surface area contributed by atoms with Crippen LogP contribution in [0.25, 0.3) is 10.6 Å². The van der Waals surface area contributed by atoms with E-state index in [1.807, 2.05) is 26.0 Å². The van der Waals surface area contributed by atoms with Gasteiger partial charge in [-0.25, -0.2) is 9.37 Å². The number of ether oxygens (including phenoxy) is 1. The van der Waals surface area contributed by atoms with Crippen LogP contribution in [0.15, 0.2) is 41.8 Å². The number of carbonyl (C=O) groups is 1. The van der Waals surface area contributed by atoms with Crippen LogP contribution in [0.1, 0.15) is 21.6 Å². The van der Waals surface area contributed by atoms with Crippen molar-refractivity contribution in [3.05, 3.63) is 64.4 Å². The number of anilines is 1. The molecule has 6 heteroatoms. The third kappa shape index (κ3) is 3.69. The molecule has 1 amide bonds. The molecule has 0 aliphatic heterocycles. The first-order valence-electron chi connectivity index (χ1n) is 7.66. The average molecular weight is 356 g/mol. The molecule has 25 heavy (non-hydrogen) atoms. The van der Waals surface area contributed by atoms with Crippen molar-refractivity contribution in [3.63, 3.8) is 0 Å². The van der Waals surface area contributed by atoms with Gasteiger partial charge in [-0.3, -0.25) is 4.79 Å². The molecule has 0 atom stereocenters. The molecular weight excluding hydrogens is 339 g/mol. The second kappa shape index (κ2) is 7.03. The van der Waals surface area contributed by atoms with Crippen molar-refractivity contribution in [2.45, 2.75) is 13.8 Å². The lowest BCUT2D eigenvalue weighted by atomic mass is 10.1. The van der Waals surface area contributed by atoms with Crippen molar-refractivity contribution in [2.24, 2.45) is 0 Å². The van der Waals surface area contributed by atoms with Crippen LogP contribution in [-0.2, 0) is 0 Å². The van der Waals surface area contributed by atoms with Crippen molar-refractivity contribution in [3.8, 4) is 16.3 Å². The number of nitrogens with zero attached hydrogens (tertiary/aromatic N) is 1. The van der Waals surface area contributed by atoms with E-state index < -0.39 is 5.82 Å². The molecule has 3 aromatic rings. The van der Waals surface area contributed by atoms with Gasteiger partial charge in [0.2, 0.25) is 0 Å². The number of aromatic nitrogens is 1. The summed E-state index contributed by atoms with van der Waals surface area (Å²) in [6.45, 7) is 4.06. The Morgan fingerprint density at radius 1 is 1.20 bits per heavy atom.